The fourth-order valence-electron chi connectivity index (χ4n) is 5.15. The monoisotopic (exact) mass is 422 g/mol. The molecule has 0 saturated carbocycles. The second kappa shape index (κ2) is 7.48. The van der Waals surface area contributed by atoms with Gasteiger partial charge in [0.05, 0.1) is 50.8 Å². The maximum Gasteiger partial charge on any atom is 0.0851 e. The molecule has 4 N–H and O–H groups in total. The van der Waals surface area contributed by atoms with Gasteiger partial charge >= 0.3 is 0 Å². The van der Waals surface area contributed by atoms with E-state index in [-0.39, 0.29) is 23.7 Å². The van der Waals surface area contributed by atoms with Crippen LogP contribution in [0.4, 0.5) is 11.4 Å². The summed E-state index contributed by atoms with van der Waals surface area (Å²) in [6.07, 6.45) is 4.52. The Balaban J connectivity index is 1.50. The van der Waals surface area contributed by atoms with Gasteiger partial charge in [0.2, 0.25) is 0 Å². The third-order valence-corrected chi connectivity index (χ3v) is 7.09. The molecule has 0 bridgehead atoms. The number of ether oxygens (including phenoxy) is 4. The molecule has 0 spiro atoms. The quantitative estimate of drug-likeness (QED) is 0.451. The molecule has 0 aromatic heterocycles. The number of nitrogens with two attached hydrogens (primary N) is 2. The van der Waals surface area contributed by atoms with Crippen molar-refractivity contribution in [1.82, 2.24) is 0 Å². The Hall–Kier alpha value is -2.12. The van der Waals surface area contributed by atoms with Gasteiger partial charge in [-0.2, -0.15) is 0 Å². The lowest BCUT2D eigenvalue weighted by molar-refractivity contribution is 0.301. The second-order valence-corrected chi connectivity index (χ2v) is 9.47. The average molecular weight is 423 g/mol. The highest BCUT2D eigenvalue weighted by Gasteiger charge is 2.47. The van der Waals surface area contributed by atoms with Crippen LogP contribution in [0, 0.1) is 0 Å². The molecule has 2 aromatic rings. The van der Waals surface area contributed by atoms with E-state index in [0.717, 1.165) is 74.6 Å². The van der Waals surface area contributed by atoms with Crippen molar-refractivity contribution in [2.75, 3.05) is 37.9 Å². The Bertz CT molecular complexity index is 963. The van der Waals surface area contributed by atoms with E-state index in [0.29, 0.717) is 6.10 Å². The summed E-state index contributed by atoms with van der Waals surface area (Å²) in [7, 11) is 0. The van der Waals surface area contributed by atoms with Gasteiger partial charge in [0, 0.05) is 29.6 Å². The van der Waals surface area contributed by atoms with Gasteiger partial charge in [-0.15, -0.1) is 0 Å². The van der Waals surface area contributed by atoms with Crippen LogP contribution >= 0.6 is 0 Å². The van der Waals surface area contributed by atoms with Crippen molar-refractivity contribution in [3.05, 3.63) is 58.7 Å². The van der Waals surface area contributed by atoms with Crippen molar-refractivity contribution >= 4 is 11.4 Å². The zero-order chi connectivity index (χ0) is 21.0. The first-order valence-electron chi connectivity index (χ1n) is 11.3. The van der Waals surface area contributed by atoms with E-state index in [9.17, 15) is 0 Å². The van der Waals surface area contributed by atoms with Gasteiger partial charge in [-0.25, -0.2) is 0 Å². The van der Waals surface area contributed by atoms with Gasteiger partial charge in [0.25, 0.3) is 0 Å². The molecule has 4 aliphatic heterocycles. The van der Waals surface area contributed by atoms with Crippen molar-refractivity contribution in [3.8, 4) is 0 Å². The molecule has 4 atom stereocenters. The first-order valence-corrected chi connectivity index (χ1v) is 11.3. The van der Waals surface area contributed by atoms with E-state index in [1.54, 1.807) is 0 Å². The number of benzene rings is 2. The highest BCUT2D eigenvalue weighted by molar-refractivity contribution is 5.66. The lowest BCUT2D eigenvalue weighted by Crippen LogP contribution is -2.34. The average Bonchev–Trinajstić information content (AvgIpc) is 3.59. The molecular formula is C25H30N2O4. The van der Waals surface area contributed by atoms with Crippen LogP contribution in [0.15, 0.2) is 36.4 Å². The summed E-state index contributed by atoms with van der Waals surface area (Å²) in [4.78, 5) is 0. The number of para-hydroxylation sites is 1. The first kappa shape index (κ1) is 19.6. The van der Waals surface area contributed by atoms with Gasteiger partial charge < -0.3 is 30.4 Å². The lowest BCUT2D eigenvalue weighted by atomic mass is 9.66. The molecule has 4 fully saturated rings. The van der Waals surface area contributed by atoms with Gasteiger partial charge in [0.15, 0.2) is 0 Å². The molecule has 0 radical (unpaired) electrons. The molecule has 6 nitrogen and oxygen atoms in total. The van der Waals surface area contributed by atoms with Crippen LogP contribution in [0.25, 0.3) is 0 Å². The lowest BCUT2D eigenvalue weighted by Gasteiger charge is -2.37. The Morgan fingerprint density at radius 2 is 1.29 bits per heavy atom. The summed E-state index contributed by atoms with van der Waals surface area (Å²) >= 11 is 0. The molecule has 2 aromatic carbocycles. The van der Waals surface area contributed by atoms with Crippen molar-refractivity contribution in [2.24, 2.45) is 0 Å². The SMILES string of the molecule is Nc1ccccc1C(CC1CO1)(CC1CO1)c1ccc(CC2CO2)c(CC2CO2)c1N. The predicted octanol–water partition coefficient (Wildman–Crippen LogP) is 2.60. The molecule has 4 saturated heterocycles. The Morgan fingerprint density at radius 3 is 1.87 bits per heavy atom. The van der Waals surface area contributed by atoms with E-state index in [4.69, 9.17) is 30.4 Å². The predicted molar refractivity (Wildman–Crippen MR) is 118 cm³/mol. The van der Waals surface area contributed by atoms with Crippen molar-refractivity contribution < 1.29 is 18.9 Å². The fourth-order valence-corrected chi connectivity index (χ4v) is 5.15. The zero-order valence-electron chi connectivity index (χ0n) is 17.7. The van der Waals surface area contributed by atoms with Crippen molar-refractivity contribution in [3.63, 3.8) is 0 Å². The van der Waals surface area contributed by atoms with Crippen LogP contribution < -0.4 is 11.5 Å². The third-order valence-electron chi connectivity index (χ3n) is 7.09. The van der Waals surface area contributed by atoms with Crippen LogP contribution in [-0.2, 0) is 37.2 Å². The van der Waals surface area contributed by atoms with Crippen LogP contribution in [0.5, 0.6) is 0 Å². The van der Waals surface area contributed by atoms with Gasteiger partial charge in [-0.05, 0) is 41.2 Å². The van der Waals surface area contributed by atoms with Crippen LogP contribution in [0.1, 0.15) is 35.1 Å². The zero-order valence-corrected chi connectivity index (χ0v) is 17.7. The number of hydrogen-bond acceptors (Lipinski definition) is 6. The maximum atomic E-state index is 7.00. The largest absolute Gasteiger partial charge is 0.398 e. The molecule has 6 rings (SSSR count). The van der Waals surface area contributed by atoms with E-state index >= 15 is 0 Å². The van der Waals surface area contributed by atoms with E-state index in [2.05, 4.69) is 24.3 Å². The second-order valence-electron chi connectivity index (χ2n) is 9.47. The Labute approximate surface area is 182 Å². The Morgan fingerprint density at radius 1 is 0.710 bits per heavy atom. The normalized spacial score (nSPS) is 29.9. The minimum atomic E-state index is -0.342. The van der Waals surface area contributed by atoms with E-state index < -0.39 is 0 Å². The maximum absolute atomic E-state index is 7.00. The molecule has 6 heteroatoms. The van der Waals surface area contributed by atoms with Crippen molar-refractivity contribution in [1.29, 1.82) is 0 Å². The van der Waals surface area contributed by atoms with E-state index in [1.807, 2.05) is 12.1 Å². The Kier molecular flexibility index (Phi) is 4.72. The topological polar surface area (TPSA) is 102 Å². The van der Waals surface area contributed by atoms with Crippen LogP contribution in [0.2, 0.25) is 0 Å². The van der Waals surface area contributed by atoms with Gasteiger partial charge in [-0.1, -0.05) is 30.3 Å². The number of rotatable bonds is 10. The molecule has 4 heterocycles. The fraction of sp³-hybridized carbons (Fsp3) is 0.520. The molecular weight excluding hydrogens is 392 g/mol. The van der Waals surface area contributed by atoms with Crippen molar-refractivity contribution in [2.45, 2.75) is 55.5 Å². The number of epoxide rings is 4. The number of hydrogen-bond donors (Lipinski definition) is 2. The highest BCUT2D eigenvalue weighted by Crippen LogP contribution is 2.50. The molecule has 4 unspecified atom stereocenters. The summed E-state index contributed by atoms with van der Waals surface area (Å²) in [5.74, 6) is 0. The van der Waals surface area contributed by atoms with Gasteiger partial charge in [0.1, 0.15) is 0 Å². The summed E-state index contributed by atoms with van der Waals surface area (Å²) < 4.78 is 22.5. The number of anilines is 2. The third kappa shape index (κ3) is 4.05. The number of nitrogen functional groups attached to an aromatic ring is 2. The summed E-state index contributed by atoms with van der Waals surface area (Å²) in [5.41, 5.74) is 19.7. The molecule has 4 aliphatic rings. The standard InChI is InChI=1S/C25H30N2O4/c26-23-4-2-1-3-21(23)25(9-18-13-30-18,10-19-14-31-19)22-6-5-15(7-16-11-28-16)20(24(22)27)8-17-12-29-17/h1-6,16-19H,7-14,26-27H2. The minimum absolute atomic E-state index is 0.229. The summed E-state index contributed by atoms with van der Waals surface area (Å²) in [6.45, 7) is 3.23. The molecule has 164 valence electrons. The molecule has 0 amide bonds. The first-order chi connectivity index (χ1) is 15.1. The van der Waals surface area contributed by atoms with E-state index in [1.165, 1.54) is 11.1 Å². The van der Waals surface area contributed by atoms with Crippen LogP contribution in [-0.4, -0.2) is 50.8 Å². The highest BCUT2D eigenvalue weighted by atomic mass is 16.6. The smallest absolute Gasteiger partial charge is 0.0851 e. The van der Waals surface area contributed by atoms with Crippen LogP contribution in [0.3, 0.4) is 0 Å². The summed E-state index contributed by atoms with van der Waals surface area (Å²) in [6, 6.07) is 12.7. The molecule has 31 heavy (non-hydrogen) atoms. The van der Waals surface area contributed by atoms with Gasteiger partial charge in [-0.3, -0.25) is 0 Å². The minimum Gasteiger partial charge on any atom is -0.398 e. The summed E-state index contributed by atoms with van der Waals surface area (Å²) in [5, 5.41) is 0. The molecule has 0 aliphatic carbocycles.